The Morgan fingerprint density at radius 1 is 0.971 bits per heavy atom. The SMILES string of the molecule is CCOc1cc(C=NNC(=O)CC(=O)Nc2ccccc2OC)cc(Br)c1OCc1ccccc1. The fraction of sp³-hybridized carbons (Fsp3) is 0.192. The Morgan fingerprint density at radius 3 is 2.46 bits per heavy atom. The van der Waals surface area contributed by atoms with Gasteiger partial charge in [0, 0.05) is 0 Å². The molecule has 0 aliphatic rings. The number of hydrogen-bond acceptors (Lipinski definition) is 6. The number of nitrogens with zero attached hydrogens (tertiary/aromatic N) is 1. The third-order valence-electron chi connectivity index (χ3n) is 4.66. The Morgan fingerprint density at radius 2 is 1.71 bits per heavy atom. The van der Waals surface area contributed by atoms with Crippen LogP contribution in [0.15, 0.2) is 76.3 Å². The highest BCUT2D eigenvalue weighted by atomic mass is 79.9. The van der Waals surface area contributed by atoms with Gasteiger partial charge in [0.2, 0.25) is 11.8 Å². The average molecular weight is 540 g/mol. The van der Waals surface area contributed by atoms with E-state index in [2.05, 4.69) is 31.8 Å². The van der Waals surface area contributed by atoms with Crippen LogP contribution in [0, 0.1) is 0 Å². The van der Waals surface area contributed by atoms with Crippen LogP contribution in [0.5, 0.6) is 17.2 Å². The molecule has 8 nitrogen and oxygen atoms in total. The minimum atomic E-state index is -0.555. The number of carbonyl (C=O) groups excluding carboxylic acids is 2. The van der Waals surface area contributed by atoms with Crippen molar-refractivity contribution >= 4 is 39.6 Å². The molecule has 2 amide bonds. The van der Waals surface area contributed by atoms with Gasteiger partial charge >= 0.3 is 0 Å². The maximum Gasteiger partial charge on any atom is 0.249 e. The highest BCUT2D eigenvalue weighted by Gasteiger charge is 2.13. The lowest BCUT2D eigenvalue weighted by Crippen LogP contribution is -2.24. The summed E-state index contributed by atoms with van der Waals surface area (Å²) in [5.41, 5.74) is 4.55. The Balaban J connectivity index is 1.59. The van der Waals surface area contributed by atoms with Crippen molar-refractivity contribution in [2.24, 2.45) is 5.10 Å². The molecule has 3 aromatic rings. The van der Waals surface area contributed by atoms with E-state index < -0.39 is 18.2 Å². The first kappa shape index (κ1) is 25.8. The quantitative estimate of drug-likeness (QED) is 0.205. The minimum absolute atomic E-state index is 0.389. The molecule has 0 saturated carbocycles. The lowest BCUT2D eigenvalue weighted by Gasteiger charge is -2.14. The zero-order chi connectivity index (χ0) is 25.0. The van der Waals surface area contributed by atoms with Gasteiger partial charge in [0.15, 0.2) is 11.5 Å². The zero-order valence-corrected chi connectivity index (χ0v) is 21.0. The van der Waals surface area contributed by atoms with Crippen LogP contribution in [-0.2, 0) is 16.2 Å². The summed E-state index contributed by atoms with van der Waals surface area (Å²) in [6, 6.07) is 20.3. The molecular formula is C26H26BrN3O5. The van der Waals surface area contributed by atoms with Gasteiger partial charge in [-0.2, -0.15) is 5.10 Å². The number of rotatable bonds is 11. The largest absolute Gasteiger partial charge is 0.495 e. The van der Waals surface area contributed by atoms with Crippen LogP contribution >= 0.6 is 15.9 Å². The molecule has 0 aliphatic heterocycles. The Kier molecular flexibility index (Phi) is 9.68. The first-order valence-electron chi connectivity index (χ1n) is 10.9. The van der Waals surface area contributed by atoms with Gasteiger partial charge in [0.1, 0.15) is 18.8 Å². The molecule has 0 fully saturated rings. The van der Waals surface area contributed by atoms with Crippen molar-refractivity contribution in [1.82, 2.24) is 5.43 Å². The van der Waals surface area contributed by atoms with Gasteiger partial charge in [-0.25, -0.2) is 5.43 Å². The summed E-state index contributed by atoms with van der Waals surface area (Å²) in [6.07, 6.45) is 1.07. The van der Waals surface area contributed by atoms with Gasteiger partial charge in [-0.3, -0.25) is 9.59 Å². The number of para-hydroxylation sites is 2. The fourth-order valence-electron chi connectivity index (χ4n) is 3.10. The van der Waals surface area contributed by atoms with Gasteiger partial charge in [-0.15, -0.1) is 0 Å². The summed E-state index contributed by atoms with van der Waals surface area (Å²) in [5, 5.41) is 6.60. The smallest absolute Gasteiger partial charge is 0.249 e. The molecule has 0 heterocycles. The first-order chi connectivity index (χ1) is 17.0. The van der Waals surface area contributed by atoms with Gasteiger partial charge in [0.05, 0.1) is 30.1 Å². The highest BCUT2D eigenvalue weighted by Crippen LogP contribution is 2.37. The second-order valence-electron chi connectivity index (χ2n) is 7.26. The van der Waals surface area contributed by atoms with Crippen molar-refractivity contribution in [3.05, 3.63) is 82.3 Å². The number of carbonyl (C=O) groups is 2. The molecule has 0 radical (unpaired) electrons. The van der Waals surface area contributed by atoms with Gasteiger partial charge in [-0.1, -0.05) is 42.5 Å². The van der Waals surface area contributed by atoms with Gasteiger partial charge < -0.3 is 19.5 Å². The zero-order valence-electron chi connectivity index (χ0n) is 19.4. The monoisotopic (exact) mass is 539 g/mol. The molecule has 0 bridgehead atoms. The molecular weight excluding hydrogens is 514 g/mol. The third kappa shape index (κ3) is 7.86. The van der Waals surface area contributed by atoms with Crippen molar-refractivity contribution in [2.75, 3.05) is 19.0 Å². The van der Waals surface area contributed by atoms with Crippen LogP contribution in [0.1, 0.15) is 24.5 Å². The first-order valence-corrected chi connectivity index (χ1v) is 11.7. The number of hydrogen-bond donors (Lipinski definition) is 2. The summed E-state index contributed by atoms with van der Waals surface area (Å²) >= 11 is 3.52. The number of amides is 2. The normalized spacial score (nSPS) is 10.6. The topological polar surface area (TPSA) is 98.2 Å². The van der Waals surface area contributed by atoms with Crippen LogP contribution < -0.4 is 25.0 Å². The standard InChI is InChI=1S/C26H26BrN3O5/c1-3-34-23-14-19(13-20(27)26(23)35-17-18-9-5-4-6-10-18)16-28-30-25(32)15-24(31)29-21-11-7-8-12-22(21)33-2/h4-14,16H,3,15,17H2,1-2H3,(H,29,31)(H,30,32). The second kappa shape index (κ2) is 13.1. The molecule has 9 heteroatoms. The number of benzene rings is 3. The molecule has 0 aromatic heterocycles. The van der Waals surface area contributed by atoms with Crippen LogP contribution in [0.25, 0.3) is 0 Å². The molecule has 0 unspecified atom stereocenters. The van der Waals surface area contributed by atoms with E-state index in [0.717, 1.165) is 5.56 Å². The predicted octanol–water partition coefficient (Wildman–Crippen LogP) is 4.91. The van der Waals surface area contributed by atoms with Crippen LogP contribution in [0.3, 0.4) is 0 Å². The molecule has 35 heavy (non-hydrogen) atoms. The predicted molar refractivity (Wildman–Crippen MR) is 138 cm³/mol. The summed E-state index contributed by atoms with van der Waals surface area (Å²) in [7, 11) is 1.50. The van der Waals surface area contributed by atoms with Crippen molar-refractivity contribution in [3.63, 3.8) is 0 Å². The van der Waals surface area contributed by atoms with Crippen molar-refractivity contribution in [3.8, 4) is 17.2 Å². The van der Waals surface area contributed by atoms with Crippen LogP contribution in [-0.4, -0.2) is 31.7 Å². The second-order valence-corrected chi connectivity index (χ2v) is 8.11. The van der Waals surface area contributed by atoms with E-state index in [1.54, 1.807) is 36.4 Å². The molecule has 0 spiro atoms. The van der Waals surface area contributed by atoms with E-state index in [1.807, 2.05) is 37.3 Å². The number of anilines is 1. The molecule has 0 saturated heterocycles. The lowest BCUT2D eigenvalue weighted by atomic mass is 10.2. The summed E-state index contributed by atoms with van der Waals surface area (Å²) in [6.45, 7) is 2.72. The molecule has 3 rings (SSSR count). The average Bonchev–Trinajstić information content (AvgIpc) is 2.84. The van der Waals surface area contributed by atoms with E-state index in [9.17, 15) is 9.59 Å². The van der Waals surface area contributed by atoms with Gasteiger partial charge in [0.25, 0.3) is 0 Å². The van der Waals surface area contributed by atoms with Crippen molar-refractivity contribution in [2.45, 2.75) is 20.0 Å². The minimum Gasteiger partial charge on any atom is -0.495 e. The Bertz CT molecular complexity index is 1180. The summed E-state index contributed by atoms with van der Waals surface area (Å²) in [4.78, 5) is 24.3. The Hall–Kier alpha value is -3.85. The maximum atomic E-state index is 12.2. The fourth-order valence-corrected chi connectivity index (χ4v) is 3.68. The number of hydrazone groups is 1. The number of ether oxygens (including phenoxy) is 3. The summed E-state index contributed by atoms with van der Waals surface area (Å²) in [5.74, 6) is 0.585. The molecule has 0 atom stereocenters. The molecule has 182 valence electrons. The van der Waals surface area contributed by atoms with Crippen molar-refractivity contribution in [1.29, 1.82) is 0 Å². The van der Waals surface area contributed by atoms with Crippen LogP contribution in [0.4, 0.5) is 5.69 Å². The number of halogens is 1. The highest BCUT2D eigenvalue weighted by molar-refractivity contribution is 9.10. The lowest BCUT2D eigenvalue weighted by molar-refractivity contribution is -0.126. The van der Waals surface area contributed by atoms with Crippen LogP contribution in [0.2, 0.25) is 0 Å². The van der Waals surface area contributed by atoms with Gasteiger partial charge in [-0.05, 0) is 58.2 Å². The van der Waals surface area contributed by atoms with E-state index in [4.69, 9.17) is 14.2 Å². The molecule has 0 aliphatic carbocycles. The number of methoxy groups -OCH3 is 1. The maximum absolute atomic E-state index is 12.2. The molecule has 2 N–H and O–H groups in total. The third-order valence-corrected chi connectivity index (χ3v) is 5.25. The van der Waals surface area contributed by atoms with E-state index in [0.29, 0.717) is 46.2 Å². The Labute approximate surface area is 212 Å². The van der Waals surface area contributed by atoms with E-state index >= 15 is 0 Å². The summed E-state index contributed by atoms with van der Waals surface area (Å²) < 4.78 is 17.6. The number of nitrogens with one attached hydrogen (secondary N) is 2. The molecule has 3 aromatic carbocycles. The van der Waals surface area contributed by atoms with Crippen molar-refractivity contribution < 1.29 is 23.8 Å². The van der Waals surface area contributed by atoms with E-state index in [1.165, 1.54) is 13.3 Å². The van der Waals surface area contributed by atoms with E-state index in [-0.39, 0.29) is 0 Å².